The van der Waals surface area contributed by atoms with Crippen LogP contribution in [0.5, 0.6) is 0 Å². The molecule has 2 aliphatic rings. The molecule has 1 atom stereocenters. The minimum Gasteiger partial charge on any atom is -0.383 e. The fourth-order valence-electron chi connectivity index (χ4n) is 3.25. The molecule has 8 nitrogen and oxygen atoms in total. The minimum atomic E-state index is -0.239. The molecule has 1 aliphatic carbocycles. The Balaban J connectivity index is 1.50. The molecule has 25 heavy (non-hydrogen) atoms. The number of nitrogens with one attached hydrogen (secondary N) is 2. The number of carbonyl (C=O) groups is 2. The van der Waals surface area contributed by atoms with E-state index in [4.69, 9.17) is 4.74 Å². The molecule has 0 spiro atoms. The SMILES string of the molecule is COC[C@@H](C)NC(=O)NCc1cc2n(n1)CCN(C(=O)C1CCC1)C2. The van der Waals surface area contributed by atoms with Crippen LogP contribution in [-0.2, 0) is 29.2 Å². The lowest BCUT2D eigenvalue weighted by atomic mass is 9.84. The summed E-state index contributed by atoms with van der Waals surface area (Å²) >= 11 is 0. The van der Waals surface area contributed by atoms with E-state index < -0.39 is 0 Å². The van der Waals surface area contributed by atoms with Crippen LogP contribution in [0, 0.1) is 5.92 Å². The van der Waals surface area contributed by atoms with Gasteiger partial charge in [0.05, 0.1) is 43.7 Å². The van der Waals surface area contributed by atoms with Crippen molar-refractivity contribution in [3.05, 3.63) is 17.5 Å². The molecule has 1 aromatic heterocycles. The molecule has 2 heterocycles. The lowest BCUT2D eigenvalue weighted by molar-refractivity contribution is -0.139. The van der Waals surface area contributed by atoms with Crippen molar-refractivity contribution in [3.63, 3.8) is 0 Å². The largest absolute Gasteiger partial charge is 0.383 e. The van der Waals surface area contributed by atoms with Crippen LogP contribution in [0.15, 0.2) is 6.07 Å². The molecule has 0 saturated heterocycles. The summed E-state index contributed by atoms with van der Waals surface area (Å²) in [6.07, 6.45) is 3.23. The van der Waals surface area contributed by atoms with Crippen molar-refractivity contribution in [2.75, 3.05) is 20.3 Å². The lowest BCUT2D eigenvalue weighted by Crippen LogP contribution is -2.43. The Labute approximate surface area is 147 Å². The van der Waals surface area contributed by atoms with Gasteiger partial charge in [-0.15, -0.1) is 0 Å². The fourth-order valence-corrected chi connectivity index (χ4v) is 3.25. The third kappa shape index (κ3) is 4.31. The number of urea groups is 1. The number of hydrogen-bond acceptors (Lipinski definition) is 4. The fraction of sp³-hybridized carbons (Fsp3) is 0.706. The van der Waals surface area contributed by atoms with Gasteiger partial charge in [0.25, 0.3) is 0 Å². The van der Waals surface area contributed by atoms with Gasteiger partial charge in [-0.05, 0) is 25.8 Å². The minimum absolute atomic E-state index is 0.0497. The molecule has 0 aromatic carbocycles. The number of fused-ring (bicyclic) bond motifs is 1. The molecule has 1 fully saturated rings. The van der Waals surface area contributed by atoms with Crippen LogP contribution in [0.3, 0.4) is 0 Å². The molecule has 8 heteroatoms. The molecule has 3 amide bonds. The summed E-state index contributed by atoms with van der Waals surface area (Å²) in [5, 5.41) is 10.1. The highest BCUT2D eigenvalue weighted by Crippen LogP contribution is 2.29. The second kappa shape index (κ2) is 7.86. The van der Waals surface area contributed by atoms with E-state index >= 15 is 0 Å². The van der Waals surface area contributed by atoms with Gasteiger partial charge >= 0.3 is 6.03 Å². The number of methoxy groups -OCH3 is 1. The van der Waals surface area contributed by atoms with Crippen molar-refractivity contribution in [2.24, 2.45) is 5.92 Å². The number of ether oxygens (including phenoxy) is 1. The maximum absolute atomic E-state index is 12.4. The van der Waals surface area contributed by atoms with E-state index in [1.165, 1.54) is 6.42 Å². The van der Waals surface area contributed by atoms with E-state index in [1.807, 2.05) is 22.6 Å². The van der Waals surface area contributed by atoms with E-state index in [0.717, 1.165) is 24.2 Å². The van der Waals surface area contributed by atoms with E-state index in [0.29, 0.717) is 32.8 Å². The zero-order valence-corrected chi connectivity index (χ0v) is 15.0. The van der Waals surface area contributed by atoms with Crippen LogP contribution in [0.2, 0.25) is 0 Å². The zero-order chi connectivity index (χ0) is 17.8. The number of carbonyl (C=O) groups excluding carboxylic acids is 2. The molecule has 0 radical (unpaired) electrons. The first kappa shape index (κ1) is 17.7. The lowest BCUT2D eigenvalue weighted by Gasteiger charge is -2.34. The quantitative estimate of drug-likeness (QED) is 0.797. The van der Waals surface area contributed by atoms with E-state index in [9.17, 15) is 9.59 Å². The van der Waals surface area contributed by atoms with Crippen molar-refractivity contribution >= 4 is 11.9 Å². The van der Waals surface area contributed by atoms with Crippen LogP contribution in [-0.4, -0.2) is 52.9 Å². The van der Waals surface area contributed by atoms with Gasteiger partial charge in [0, 0.05) is 19.6 Å². The molecule has 1 saturated carbocycles. The Morgan fingerprint density at radius 3 is 2.88 bits per heavy atom. The van der Waals surface area contributed by atoms with Crippen LogP contribution < -0.4 is 10.6 Å². The number of nitrogens with zero attached hydrogens (tertiary/aromatic N) is 3. The standard InChI is InChI=1S/C17H27N5O3/c1-12(11-25-2)19-17(24)18-9-14-8-15-10-21(6-7-22(15)20-14)16(23)13-4-3-5-13/h8,12-13H,3-7,9-11H2,1-2H3,(H2,18,19,24)/t12-/m1/s1. The van der Waals surface area contributed by atoms with Crippen molar-refractivity contribution in [1.82, 2.24) is 25.3 Å². The highest BCUT2D eigenvalue weighted by atomic mass is 16.5. The van der Waals surface area contributed by atoms with Gasteiger partial charge < -0.3 is 20.3 Å². The number of rotatable bonds is 6. The van der Waals surface area contributed by atoms with Gasteiger partial charge in [-0.3, -0.25) is 9.48 Å². The summed E-state index contributed by atoms with van der Waals surface area (Å²) < 4.78 is 6.93. The first-order valence-electron chi connectivity index (χ1n) is 8.94. The summed E-state index contributed by atoms with van der Waals surface area (Å²) in [6.45, 7) is 4.75. The van der Waals surface area contributed by atoms with Crippen molar-refractivity contribution in [3.8, 4) is 0 Å². The average Bonchev–Trinajstić information content (AvgIpc) is 2.93. The number of aromatic nitrogens is 2. The summed E-state index contributed by atoms with van der Waals surface area (Å²) in [5.74, 6) is 0.512. The predicted molar refractivity (Wildman–Crippen MR) is 91.7 cm³/mol. The Morgan fingerprint density at radius 1 is 1.40 bits per heavy atom. The molecule has 138 valence electrons. The Kier molecular flexibility index (Phi) is 5.57. The van der Waals surface area contributed by atoms with Crippen molar-refractivity contribution in [2.45, 2.75) is 51.9 Å². The first-order chi connectivity index (χ1) is 12.1. The second-order valence-corrected chi connectivity index (χ2v) is 6.92. The zero-order valence-electron chi connectivity index (χ0n) is 15.0. The maximum Gasteiger partial charge on any atom is 0.315 e. The summed E-state index contributed by atoms with van der Waals surface area (Å²) in [4.78, 5) is 26.2. The van der Waals surface area contributed by atoms with Crippen LogP contribution in [0.4, 0.5) is 4.79 Å². The Hall–Kier alpha value is -2.09. The van der Waals surface area contributed by atoms with Crippen molar-refractivity contribution < 1.29 is 14.3 Å². The van der Waals surface area contributed by atoms with Crippen LogP contribution in [0.25, 0.3) is 0 Å². The highest BCUT2D eigenvalue weighted by Gasteiger charge is 2.31. The summed E-state index contributed by atoms with van der Waals surface area (Å²) in [6, 6.07) is 1.68. The Bertz CT molecular complexity index is 626. The predicted octanol–water partition coefficient (Wildman–Crippen LogP) is 0.860. The Morgan fingerprint density at radius 2 is 2.20 bits per heavy atom. The molecular formula is C17H27N5O3. The summed E-state index contributed by atoms with van der Waals surface area (Å²) in [5.41, 5.74) is 1.84. The average molecular weight is 349 g/mol. The van der Waals surface area contributed by atoms with Gasteiger partial charge in [0.15, 0.2) is 0 Å². The van der Waals surface area contributed by atoms with Crippen LogP contribution in [0.1, 0.15) is 37.6 Å². The van der Waals surface area contributed by atoms with Gasteiger partial charge in [-0.2, -0.15) is 5.10 Å². The van der Waals surface area contributed by atoms with Crippen molar-refractivity contribution in [1.29, 1.82) is 0 Å². The highest BCUT2D eigenvalue weighted by molar-refractivity contribution is 5.79. The topological polar surface area (TPSA) is 88.5 Å². The molecule has 3 rings (SSSR count). The maximum atomic E-state index is 12.4. The molecule has 1 aliphatic heterocycles. The second-order valence-electron chi connectivity index (χ2n) is 6.92. The van der Waals surface area contributed by atoms with Gasteiger partial charge in [0.1, 0.15) is 0 Å². The summed E-state index contributed by atoms with van der Waals surface area (Å²) in [7, 11) is 1.60. The first-order valence-corrected chi connectivity index (χ1v) is 8.94. The number of hydrogen-bond donors (Lipinski definition) is 2. The van der Waals surface area contributed by atoms with E-state index in [2.05, 4.69) is 15.7 Å². The van der Waals surface area contributed by atoms with E-state index in [1.54, 1.807) is 7.11 Å². The molecule has 0 unspecified atom stereocenters. The monoisotopic (exact) mass is 349 g/mol. The van der Waals surface area contributed by atoms with Gasteiger partial charge in [-0.25, -0.2) is 4.79 Å². The third-order valence-corrected chi connectivity index (χ3v) is 4.84. The van der Waals surface area contributed by atoms with Gasteiger partial charge in [0.2, 0.25) is 5.91 Å². The molecule has 0 bridgehead atoms. The molecule has 2 N–H and O–H groups in total. The molecule has 1 aromatic rings. The molecular weight excluding hydrogens is 322 g/mol. The van der Waals surface area contributed by atoms with E-state index in [-0.39, 0.29) is 23.9 Å². The number of amides is 3. The van der Waals surface area contributed by atoms with Crippen LogP contribution >= 0.6 is 0 Å². The normalized spacial score (nSPS) is 18.2. The smallest absolute Gasteiger partial charge is 0.315 e. The van der Waals surface area contributed by atoms with Gasteiger partial charge in [-0.1, -0.05) is 6.42 Å². The third-order valence-electron chi connectivity index (χ3n) is 4.84.